The molecular formula is C11H8N4O2S. The maximum atomic E-state index is 11.8. The first-order valence-electron chi connectivity index (χ1n) is 4.94. The Balaban J connectivity index is 2.16. The summed E-state index contributed by atoms with van der Waals surface area (Å²) in [5.74, 6) is 0.304. The Kier molecular flexibility index (Phi) is 3.50. The van der Waals surface area contributed by atoms with E-state index in [9.17, 15) is 4.79 Å². The average molecular weight is 260 g/mol. The van der Waals surface area contributed by atoms with E-state index < -0.39 is 5.91 Å². The number of hydrogen-bond acceptors (Lipinski definition) is 6. The summed E-state index contributed by atoms with van der Waals surface area (Å²) in [6.45, 7) is 1.68. The van der Waals surface area contributed by atoms with Gasteiger partial charge in [-0.05, 0) is 0 Å². The fraction of sp³-hybridized carbons (Fsp3) is 0.0909. The molecule has 90 valence electrons. The topological polar surface area (TPSA) is 91.8 Å². The number of anilines is 1. The molecule has 0 atom stereocenters. The zero-order chi connectivity index (χ0) is 13.0. The van der Waals surface area contributed by atoms with Gasteiger partial charge in [0.25, 0.3) is 5.91 Å². The third-order valence-electron chi connectivity index (χ3n) is 1.94. The number of aromatic nitrogens is 2. The molecule has 1 amide bonds. The van der Waals surface area contributed by atoms with Crippen LogP contribution in [0.5, 0.6) is 0 Å². The van der Waals surface area contributed by atoms with Crippen molar-refractivity contribution in [1.29, 1.82) is 5.26 Å². The summed E-state index contributed by atoms with van der Waals surface area (Å²) in [6.07, 6.45) is 4.35. The second kappa shape index (κ2) is 5.25. The second-order valence-corrected chi connectivity index (χ2v) is 4.14. The first-order valence-corrected chi connectivity index (χ1v) is 5.82. The number of carbonyl (C=O) groups is 1. The van der Waals surface area contributed by atoms with E-state index in [-0.39, 0.29) is 5.57 Å². The molecule has 0 fully saturated rings. The van der Waals surface area contributed by atoms with Gasteiger partial charge in [0.15, 0.2) is 11.0 Å². The zero-order valence-corrected chi connectivity index (χ0v) is 10.2. The Morgan fingerprint density at radius 3 is 3.00 bits per heavy atom. The number of nitrogens with one attached hydrogen (secondary N) is 1. The molecule has 0 saturated carbocycles. The fourth-order valence-electron chi connectivity index (χ4n) is 1.18. The summed E-state index contributed by atoms with van der Waals surface area (Å²) in [5, 5.41) is 13.6. The van der Waals surface area contributed by atoms with Crippen LogP contribution >= 0.6 is 11.3 Å². The molecule has 2 aromatic heterocycles. The van der Waals surface area contributed by atoms with Crippen molar-refractivity contribution >= 4 is 28.5 Å². The smallest absolute Gasteiger partial charge is 0.268 e. The molecule has 0 aromatic carbocycles. The Bertz CT molecular complexity index is 622. The van der Waals surface area contributed by atoms with Crippen LogP contribution in [0, 0.1) is 18.3 Å². The highest BCUT2D eigenvalue weighted by atomic mass is 32.1. The van der Waals surface area contributed by atoms with Crippen molar-refractivity contribution in [3.8, 4) is 6.07 Å². The molecule has 0 aliphatic carbocycles. The van der Waals surface area contributed by atoms with Crippen LogP contribution in [0.3, 0.4) is 0 Å². The standard InChI is InChI=1S/C11H8N4O2S/c1-7-14-6-9(17-7)4-8(5-12)10(16)15-11-13-2-3-18-11/h2-4,6H,1H3,(H,13,15,16)/b8-4-. The van der Waals surface area contributed by atoms with Gasteiger partial charge in [0, 0.05) is 24.6 Å². The number of rotatable bonds is 3. The zero-order valence-electron chi connectivity index (χ0n) is 9.38. The van der Waals surface area contributed by atoms with E-state index in [4.69, 9.17) is 9.68 Å². The van der Waals surface area contributed by atoms with Crippen molar-refractivity contribution in [2.24, 2.45) is 0 Å². The van der Waals surface area contributed by atoms with Gasteiger partial charge in [-0.1, -0.05) is 0 Å². The first kappa shape index (κ1) is 12.0. The van der Waals surface area contributed by atoms with Gasteiger partial charge in [0.05, 0.1) is 6.20 Å². The Morgan fingerprint density at radius 1 is 1.61 bits per heavy atom. The lowest BCUT2D eigenvalue weighted by Crippen LogP contribution is -2.13. The molecule has 0 aliphatic rings. The SMILES string of the molecule is Cc1ncc(/C=C(/C#N)C(=O)Nc2nccs2)o1. The number of nitrogens with zero attached hydrogens (tertiary/aromatic N) is 3. The van der Waals surface area contributed by atoms with Crippen molar-refractivity contribution in [2.75, 3.05) is 5.32 Å². The first-order chi connectivity index (χ1) is 8.69. The summed E-state index contributed by atoms with van der Waals surface area (Å²) in [7, 11) is 0. The van der Waals surface area contributed by atoms with Crippen LogP contribution < -0.4 is 5.32 Å². The van der Waals surface area contributed by atoms with Gasteiger partial charge in [-0.2, -0.15) is 5.26 Å². The molecule has 6 nitrogen and oxygen atoms in total. The predicted molar refractivity (Wildman–Crippen MR) is 65.6 cm³/mol. The van der Waals surface area contributed by atoms with Crippen molar-refractivity contribution in [2.45, 2.75) is 6.92 Å². The molecule has 18 heavy (non-hydrogen) atoms. The number of hydrogen-bond donors (Lipinski definition) is 1. The maximum absolute atomic E-state index is 11.8. The van der Waals surface area contributed by atoms with Crippen LogP contribution in [-0.4, -0.2) is 15.9 Å². The van der Waals surface area contributed by atoms with Crippen LogP contribution in [0.25, 0.3) is 6.08 Å². The summed E-state index contributed by atoms with van der Waals surface area (Å²) >= 11 is 1.27. The van der Waals surface area contributed by atoms with E-state index in [0.717, 1.165) is 0 Å². The number of amides is 1. The second-order valence-electron chi connectivity index (χ2n) is 3.24. The molecule has 0 spiro atoms. The van der Waals surface area contributed by atoms with Crippen molar-refractivity contribution in [1.82, 2.24) is 9.97 Å². The van der Waals surface area contributed by atoms with Crippen LogP contribution in [0.4, 0.5) is 5.13 Å². The van der Waals surface area contributed by atoms with E-state index in [1.807, 2.05) is 6.07 Å². The quantitative estimate of drug-likeness (QED) is 0.673. The van der Waals surface area contributed by atoms with E-state index in [0.29, 0.717) is 16.8 Å². The minimum atomic E-state index is -0.526. The van der Waals surface area contributed by atoms with Crippen LogP contribution in [-0.2, 0) is 4.79 Å². The van der Waals surface area contributed by atoms with Crippen molar-refractivity contribution < 1.29 is 9.21 Å². The Morgan fingerprint density at radius 2 is 2.44 bits per heavy atom. The molecule has 0 radical (unpaired) electrons. The fourth-order valence-corrected chi connectivity index (χ4v) is 1.71. The molecule has 0 unspecified atom stereocenters. The molecule has 0 saturated heterocycles. The normalized spacial score (nSPS) is 11.0. The summed E-state index contributed by atoms with van der Waals surface area (Å²) in [4.78, 5) is 19.5. The molecule has 0 bridgehead atoms. The van der Waals surface area contributed by atoms with Crippen LogP contribution in [0.15, 0.2) is 27.8 Å². The minimum Gasteiger partial charge on any atom is -0.442 e. The van der Waals surface area contributed by atoms with Gasteiger partial charge in [-0.3, -0.25) is 10.1 Å². The van der Waals surface area contributed by atoms with Crippen LogP contribution in [0.2, 0.25) is 0 Å². The van der Waals surface area contributed by atoms with Crippen LogP contribution in [0.1, 0.15) is 11.7 Å². The third-order valence-corrected chi connectivity index (χ3v) is 2.63. The number of oxazole rings is 1. The van der Waals surface area contributed by atoms with Gasteiger partial charge in [-0.25, -0.2) is 9.97 Å². The molecule has 2 rings (SSSR count). The van der Waals surface area contributed by atoms with E-state index in [1.165, 1.54) is 23.6 Å². The number of aryl methyl sites for hydroxylation is 1. The Hall–Kier alpha value is -2.46. The molecule has 2 aromatic rings. The summed E-state index contributed by atoms with van der Waals surface area (Å²) < 4.78 is 5.17. The van der Waals surface area contributed by atoms with Crippen molar-refractivity contribution in [3.05, 3.63) is 35.0 Å². The minimum absolute atomic E-state index is 0.0682. The third kappa shape index (κ3) is 2.81. The molecule has 0 aliphatic heterocycles. The Labute approximate surface area is 107 Å². The highest BCUT2D eigenvalue weighted by Gasteiger charge is 2.11. The van der Waals surface area contributed by atoms with Gasteiger partial charge < -0.3 is 4.42 Å². The lowest BCUT2D eigenvalue weighted by atomic mass is 10.2. The van der Waals surface area contributed by atoms with E-state index in [1.54, 1.807) is 18.5 Å². The molecule has 1 N–H and O–H groups in total. The number of nitriles is 1. The molecular weight excluding hydrogens is 252 g/mol. The highest BCUT2D eigenvalue weighted by Crippen LogP contribution is 2.13. The summed E-state index contributed by atoms with van der Waals surface area (Å²) in [5.41, 5.74) is -0.0682. The number of thiazole rings is 1. The maximum Gasteiger partial charge on any atom is 0.268 e. The van der Waals surface area contributed by atoms with Gasteiger partial charge >= 0.3 is 0 Å². The molecule has 2 heterocycles. The van der Waals surface area contributed by atoms with Gasteiger partial charge in [0.1, 0.15) is 17.4 Å². The highest BCUT2D eigenvalue weighted by molar-refractivity contribution is 7.13. The lowest BCUT2D eigenvalue weighted by molar-refractivity contribution is -0.112. The largest absolute Gasteiger partial charge is 0.442 e. The monoisotopic (exact) mass is 260 g/mol. The lowest BCUT2D eigenvalue weighted by Gasteiger charge is -1.98. The number of carbonyl (C=O) groups excluding carboxylic acids is 1. The van der Waals surface area contributed by atoms with E-state index >= 15 is 0 Å². The average Bonchev–Trinajstić information content (AvgIpc) is 2.97. The van der Waals surface area contributed by atoms with Gasteiger partial charge in [0.2, 0.25) is 0 Å². The molecule has 7 heteroatoms. The predicted octanol–water partition coefficient (Wildman–Crippen LogP) is 1.99. The summed E-state index contributed by atoms with van der Waals surface area (Å²) in [6, 6.07) is 1.81. The van der Waals surface area contributed by atoms with E-state index in [2.05, 4.69) is 15.3 Å². The van der Waals surface area contributed by atoms with Crippen molar-refractivity contribution in [3.63, 3.8) is 0 Å². The van der Waals surface area contributed by atoms with Gasteiger partial charge in [-0.15, -0.1) is 11.3 Å².